The van der Waals surface area contributed by atoms with Crippen LogP contribution in [-0.2, 0) is 51.3 Å². The number of fused-ring (bicyclic) bond motifs is 1. The summed E-state index contributed by atoms with van der Waals surface area (Å²) in [5.74, 6) is -1.17. The molecular formula is C32H48N7O17P3S. The first-order valence-electron chi connectivity index (χ1n) is 17.9. The highest BCUT2D eigenvalue weighted by Gasteiger charge is 2.50. The van der Waals surface area contributed by atoms with Gasteiger partial charge in [-0.15, -0.1) is 0 Å². The molecule has 0 radical (unpaired) electrons. The number of nitrogens with one attached hydrogen (secondary N) is 2. The van der Waals surface area contributed by atoms with Crippen LogP contribution in [0.25, 0.3) is 11.2 Å². The van der Waals surface area contributed by atoms with Crippen LogP contribution < -0.4 is 16.4 Å². The molecule has 28 heteroatoms. The lowest BCUT2D eigenvalue weighted by atomic mass is 9.87. The van der Waals surface area contributed by atoms with Gasteiger partial charge < -0.3 is 50.9 Å². The second-order valence-electron chi connectivity index (χ2n) is 15.0. The number of carbonyl (C=O) groups excluding carboxylic acids is 3. The van der Waals surface area contributed by atoms with Gasteiger partial charge in [0.05, 0.1) is 19.5 Å². The smallest absolute Gasteiger partial charge is 0.386 e. The summed E-state index contributed by atoms with van der Waals surface area (Å²) in [6.45, 7) is 6.64. The average Bonchev–Trinajstić information content (AvgIpc) is 3.71. The molecule has 2 amide bonds. The lowest BCUT2D eigenvalue weighted by Gasteiger charge is -2.30. The Morgan fingerprint density at radius 3 is 2.25 bits per heavy atom. The van der Waals surface area contributed by atoms with Crippen LogP contribution >= 0.6 is 35.2 Å². The first-order chi connectivity index (χ1) is 27.7. The molecule has 1 fully saturated rings. The number of aliphatic hydroxyl groups is 2. The van der Waals surface area contributed by atoms with Gasteiger partial charge in [0.25, 0.3) is 0 Å². The summed E-state index contributed by atoms with van der Waals surface area (Å²) in [5, 5.41) is 26.3. The van der Waals surface area contributed by atoms with Crippen molar-refractivity contribution in [1.29, 1.82) is 0 Å². The molecule has 0 aliphatic carbocycles. The molecule has 1 aliphatic rings. The number of aliphatic hydroxyl groups excluding tert-OH is 2. The molecule has 0 bridgehead atoms. The van der Waals surface area contributed by atoms with E-state index in [0.29, 0.717) is 11.3 Å². The van der Waals surface area contributed by atoms with Gasteiger partial charge in [-0.25, -0.2) is 28.6 Å². The normalized spacial score (nSPS) is 21.2. The Balaban J connectivity index is 1.21. The van der Waals surface area contributed by atoms with Gasteiger partial charge >= 0.3 is 23.5 Å². The van der Waals surface area contributed by atoms with E-state index in [0.717, 1.165) is 34.5 Å². The second-order valence-corrected chi connectivity index (χ2v) is 20.3. The number of nitrogen functional groups attached to an aromatic ring is 1. The van der Waals surface area contributed by atoms with Crippen molar-refractivity contribution in [2.75, 3.05) is 37.8 Å². The number of benzene rings is 1. The van der Waals surface area contributed by atoms with E-state index in [1.54, 1.807) is 12.1 Å². The number of amides is 2. The molecule has 60 heavy (non-hydrogen) atoms. The van der Waals surface area contributed by atoms with E-state index in [4.69, 9.17) is 19.5 Å². The van der Waals surface area contributed by atoms with E-state index >= 15 is 0 Å². The maximum atomic E-state index is 12.7. The minimum atomic E-state index is -5.58. The van der Waals surface area contributed by atoms with Gasteiger partial charge in [-0.3, -0.25) is 32.5 Å². The standard InChI is InChI=1S/C32H48N7O17P3S/c1-31(2,3)19-8-6-18(7-9-19)30(44)60-13-12-34-21(40)10-11-35-28(43)25(42)32(4,5)15-53-59(50,51)56-58(48,49)52-14-20-24(55-57(45,46)47)23(41)29(54-20)39-17-38-22-26(33)36-16-37-27(22)39/h6-9,16-17,20,23-25,29,41-42H,10-15H2,1-5H3,(H,34,40)(H,35,43)(H,48,49)(H,50,51)(H2,33,36,37)(H2,45,46,47)/t20-,23-,24-,25?,29-/m1/s1. The van der Waals surface area contributed by atoms with Crippen molar-refractivity contribution in [3.63, 3.8) is 0 Å². The number of phosphoric acid groups is 3. The van der Waals surface area contributed by atoms with Gasteiger partial charge in [0, 0.05) is 36.2 Å². The number of aromatic nitrogens is 4. The topological polar surface area (TPSA) is 364 Å². The molecule has 0 spiro atoms. The van der Waals surface area contributed by atoms with Crippen LogP contribution in [0.2, 0.25) is 0 Å². The summed E-state index contributed by atoms with van der Waals surface area (Å²) in [5.41, 5.74) is 5.82. The Morgan fingerprint density at radius 2 is 1.62 bits per heavy atom. The van der Waals surface area contributed by atoms with Crippen LogP contribution in [0.15, 0.2) is 36.9 Å². The fourth-order valence-electron chi connectivity index (χ4n) is 5.46. The fourth-order valence-corrected chi connectivity index (χ4v) is 8.98. The zero-order valence-electron chi connectivity index (χ0n) is 32.9. The molecule has 334 valence electrons. The van der Waals surface area contributed by atoms with Crippen LogP contribution in [0.1, 0.15) is 63.2 Å². The van der Waals surface area contributed by atoms with Crippen LogP contribution in [0, 0.1) is 5.41 Å². The van der Waals surface area contributed by atoms with E-state index in [1.165, 1.54) is 13.8 Å². The van der Waals surface area contributed by atoms with Crippen LogP contribution in [0.4, 0.5) is 5.82 Å². The molecule has 3 heterocycles. The Hall–Kier alpha value is -3.22. The number of thioether (sulfide) groups is 1. The molecule has 10 N–H and O–H groups in total. The molecule has 1 saturated heterocycles. The van der Waals surface area contributed by atoms with Crippen molar-refractivity contribution in [2.24, 2.45) is 5.41 Å². The molecule has 3 unspecified atom stereocenters. The highest BCUT2D eigenvalue weighted by Crippen LogP contribution is 2.61. The fraction of sp³-hybridized carbons (Fsp3) is 0.562. The number of hydrogen-bond acceptors (Lipinski definition) is 18. The maximum Gasteiger partial charge on any atom is 0.481 e. The number of phosphoric ester groups is 3. The lowest BCUT2D eigenvalue weighted by molar-refractivity contribution is -0.137. The molecule has 3 aromatic rings. The number of carbonyl (C=O) groups is 3. The van der Waals surface area contributed by atoms with Crippen LogP contribution in [0.3, 0.4) is 0 Å². The number of rotatable bonds is 20. The number of hydrogen-bond donors (Lipinski definition) is 9. The van der Waals surface area contributed by atoms with Crippen molar-refractivity contribution in [2.45, 2.75) is 77.1 Å². The van der Waals surface area contributed by atoms with Crippen molar-refractivity contribution < 1.29 is 80.5 Å². The van der Waals surface area contributed by atoms with Crippen molar-refractivity contribution >= 4 is 69.1 Å². The average molecular weight is 928 g/mol. The van der Waals surface area contributed by atoms with E-state index in [9.17, 15) is 57.9 Å². The van der Waals surface area contributed by atoms with Gasteiger partial charge in [0.15, 0.2) is 17.7 Å². The molecule has 0 saturated carbocycles. The summed E-state index contributed by atoms with van der Waals surface area (Å²) in [6.07, 6.45) is -6.95. The molecular weight excluding hydrogens is 879 g/mol. The summed E-state index contributed by atoms with van der Waals surface area (Å²) in [6, 6.07) is 7.30. The molecule has 4 rings (SSSR count). The zero-order chi connectivity index (χ0) is 44.8. The molecule has 1 aromatic carbocycles. The minimum absolute atomic E-state index is 0.0290. The molecule has 24 nitrogen and oxygen atoms in total. The number of anilines is 1. The van der Waals surface area contributed by atoms with Crippen molar-refractivity contribution in [3.8, 4) is 0 Å². The quantitative estimate of drug-likeness (QED) is 0.0569. The third kappa shape index (κ3) is 13.9. The highest BCUT2D eigenvalue weighted by molar-refractivity contribution is 8.14. The largest absolute Gasteiger partial charge is 0.481 e. The van der Waals surface area contributed by atoms with Crippen LogP contribution in [-0.4, -0.2) is 123 Å². The SMILES string of the molecule is CC(C)(C)c1ccc(C(=O)SCCNC(=O)CCNC(=O)C(O)C(C)(C)COP(=O)(O)OP(=O)(O)OC[C@H]2O[C@@H](n3cnc4c(N)ncnc43)[C@H](O)[C@@H]2OP(=O)(O)O)cc1. The van der Waals surface area contributed by atoms with E-state index < -0.39 is 84.6 Å². The Morgan fingerprint density at radius 1 is 0.967 bits per heavy atom. The van der Waals surface area contributed by atoms with Crippen molar-refractivity contribution in [1.82, 2.24) is 30.2 Å². The molecule has 2 aromatic heterocycles. The predicted molar refractivity (Wildman–Crippen MR) is 212 cm³/mol. The molecule has 1 aliphatic heterocycles. The Labute approximate surface area is 347 Å². The monoisotopic (exact) mass is 927 g/mol. The Kier molecular flexibility index (Phi) is 16.4. The first kappa shape index (κ1) is 49.4. The third-order valence-electron chi connectivity index (χ3n) is 8.72. The highest BCUT2D eigenvalue weighted by atomic mass is 32.2. The zero-order valence-corrected chi connectivity index (χ0v) is 36.4. The van der Waals surface area contributed by atoms with Gasteiger partial charge in [0.2, 0.25) is 16.9 Å². The first-order valence-corrected chi connectivity index (χ1v) is 23.4. The summed E-state index contributed by atoms with van der Waals surface area (Å²) >= 11 is 1.04. The van der Waals surface area contributed by atoms with Gasteiger partial charge in [0.1, 0.15) is 36.3 Å². The Bertz CT molecular complexity index is 2150. The predicted octanol–water partition coefficient (Wildman–Crippen LogP) is 1.28. The van der Waals surface area contributed by atoms with Gasteiger partial charge in [-0.1, -0.05) is 70.6 Å². The lowest BCUT2D eigenvalue weighted by Crippen LogP contribution is -2.46. The van der Waals surface area contributed by atoms with E-state index in [1.807, 2.05) is 12.1 Å². The summed E-state index contributed by atoms with van der Waals surface area (Å²) < 4.78 is 62.3. The summed E-state index contributed by atoms with van der Waals surface area (Å²) in [7, 11) is -16.4. The van der Waals surface area contributed by atoms with E-state index in [-0.39, 0.29) is 47.0 Å². The van der Waals surface area contributed by atoms with Gasteiger partial charge in [-0.2, -0.15) is 4.31 Å². The number of nitrogens with zero attached hydrogens (tertiary/aromatic N) is 4. The van der Waals surface area contributed by atoms with Crippen molar-refractivity contribution in [3.05, 3.63) is 48.0 Å². The third-order valence-corrected chi connectivity index (χ3v) is 12.7. The number of nitrogens with two attached hydrogens (primary N) is 1. The minimum Gasteiger partial charge on any atom is -0.386 e. The number of ether oxygens (including phenoxy) is 1. The molecule has 7 atom stereocenters. The second kappa shape index (κ2) is 19.9. The van der Waals surface area contributed by atoms with E-state index in [2.05, 4.69) is 55.2 Å². The van der Waals surface area contributed by atoms with Crippen LogP contribution in [0.5, 0.6) is 0 Å². The number of imidazole rings is 1. The van der Waals surface area contributed by atoms with Gasteiger partial charge in [-0.05, 0) is 11.0 Å². The maximum absolute atomic E-state index is 12.7. The summed E-state index contributed by atoms with van der Waals surface area (Å²) in [4.78, 5) is 88.4.